The van der Waals surface area contributed by atoms with E-state index in [-0.39, 0.29) is 5.56 Å². The summed E-state index contributed by atoms with van der Waals surface area (Å²) in [6.07, 6.45) is 0. The van der Waals surface area contributed by atoms with E-state index in [1.165, 1.54) is 6.07 Å². The van der Waals surface area contributed by atoms with Gasteiger partial charge in [0.1, 0.15) is 0 Å². The minimum absolute atomic E-state index is 0.171. The zero-order valence-electron chi connectivity index (χ0n) is 7.70. The van der Waals surface area contributed by atoms with E-state index < -0.39 is 5.97 Å². The molecule has 76 valence electrons. The normalized spacial score (nSPS) is 10.5. The Morgan fingerprint density at radius 3 is 2.67 bits per heavy atom. The summed E-state index contributed by atoms with van der Waals surface area (Å²) in [7, 11) is 0. The number of aromatic carboxylic acids is 1. The van der Waals surface area contributed by atoms with Crippen molar-refractivity contribution in [2.75, 3.05) is 5.73 Å². The highest BCUT2D eigenvalue weighted by atomic mass is 35.5. The molecule has 0 saturated carbocycles. The van der Waals surface area contributed by atoms with Gasteiger partial charge in [0.25, 0.3) is 0 Å². The van der Waals surface area contributed by atoms with Crippen molar-refractivity contribution in [2.24, 2.45) is 0 Å². The molecule has 0 aliphatic carbocycles. The predicted molar refractivity (Wildman–Crippen MR) is 60.3 cm³/mol. The van der Waals surface area contributed by atoms with E-state index in [9.17, 15) is 4.79 Å². The highest BCUT2D eigenvalue weighted by Gasteiger charge is 2.12. The van der Waals surface area contributed by atoms with Crippen LogP contribution in [0, 0.1) is 0 Å². The number of carbonyl (C=O) groups is 1. The van der Waals surface area contributed by atoms with Crippen LogP contribution >= 0.6 is 11.6 Å². The van der Waals surface area contributed by atoms with E-state index in [1.54, 1.807) is 24.3 Å². The maximum absolute atomic E-state index is 11.0. The van der Waals surface area contributed by atoms with Gasteiger partial charge in [0.2, 0.25) is 0 Å². The lowest BCUT2D eigenvalue weighted by molar-refractivity contribution is 0.0699. The van der Waals surface area contributed by atoms with Crippen LogP contribution in [0.25, 0.3) is 10.8 Å². The van der Waals surface area contributed by atoms with Crippen molar-refractivity contribution < 1.29 is 9.90 Å². The first-order chi connectivity index (χ1) is 7.11. The molecule has 15 heavy (non-hydrogen) atoms. The molecule has 0 aliphatic heterocycles. The van der Waals surface area contributed by atoms with Gasteiger partial charge in [-0.05, 0) is 18.2 Å². The summed E-state index contributed by atoms with van der Waals surface area (Å²) in [6, 6.07) is 8.18. The molecule has 3 nitrogen and oxygen atoms in total. The summed E-state index contributed by atoms with van der Waals surface area (Å²) in [5, 5.41) is 10.6. The molecule has 0 aliphatic rings. The largest absolute Gasteiger partial charge is 0.478 e. The molecule has 0 heterocycles. The predicted octanol–water partition coefficient (Wildman–Crippen LogP) is 2.77. The Bertz CT molecular complexity index is 552. The lowest BCUT2D eigenvalue weighted by atomic mass is 10.0. The number of nitrogens with two attached hydrogens (primary N) is 1. The first kappa shape index (κ1) is 9.80. The molecule has 2 rings (SSSR count). The monoisotopic (exact) mass is 221 g/mol. The second-order valence-electron chi connectivity index (χ2n) is 3.17. The molecular weight excluding hydrogens is 214 g/mol. The van der Waals surface area contributed by atoms with Crippen molar-refractivity contribution >= 4 is 34.0 Å². The summed E-state index contributed by atoms with van der Waals surface area (Å²) in [5.41, 5.74) is 6.44. The van der Waals surface area contributed by atoms with Gasteiger partial charge in [0, 0.05) is 21.5 Å². The van der Waals surface area contributed by atoms with E-state index >= 15 is 0 Å². The zero-order chi connectivity index (χ0) is 11.0. The van der Waals surface area contributed by atoms with Gasteiger partial charge in [-0.2, -0.15) is 0 Å². The fraction of sp³-hybridized carbons (Fsp3) is 0. The molecule has 2 aromatic rings. The summed E-state index contributed by atoms with van der Waals surface area (Å²) in [6.45, 7) is 0. The number of halogens is 1. The van der Waals surface area contributed by atoms with Gasteiger partial charge in [0.05, 0.1) is 5.56 Å². The van der Waals surface area contributed by atoms with Crippen LogP contribution in [0.1, 0.15) is 10.4 Å². The van der Waals surface area contributed by atoms with Crippen LogP contribution in [0.2, 0.25) is 5.02 Å². The molecule has 0 fully saturated rings. The Morgan fingerprint density at radius 1 is 1.27 bits per heavy atom. The lowest BCUT2D eigenvalue weighted by Crippen LogP contribution is -1.99. The van der Waals surface area contributed by atoms with E-state index in [0.717, 1.165) is 0 Å². The molecule has 0 amide bonds. The van der Waals surface area contributed by atoms with Crippen LogP contribution in [-0.2, 0) is 0 Å². The van der Waals surface area contributed by atoms with Gasteiger partial charge in [0.15, 0.2) is 0 Å². The number of hydrogen-bond acceptors (Lipinski definition) is 2. The summed E-state index contributed by atoms with van der Waals surface area (Å²) < 4.78 is 0. The number of fused-ring (bicyclic) bond motifs is 1. The summed E-state index contributed by atoms with van der Waals surface area (Å²) >= 11 is 5.96. The Hall–Kier alpha value is -1.74. The van der Waals surface area contributed by atoms with Crippen LogP contribution in [0.15, 0.2) is 30.3 Å². The number of rotatable bonds is 1. The quantitative estimate of drug-likeness (QED) is 0.728. The van der Waals surface area contributed by atoms with Gasteiger partial charge in [-0.25, -0.2) is 4.79 Å². The summed E-state index contributed by atoms with van der Waals surface area (Å²) in [5.74, 6) is -1.01. The average molecular weight is 222 g/mol. The SMILES string of the molecule is Nc1ccc(C(=O)O)c2c(Cl)cccc12. The van der Waals surface area contributed by atoms with Crippen molar-refractivity contribution in [1.82, 2.24) is 0 Å². The number of carboxylic acid groups (broad SMARTS) is 1. The molecule has 0 unspecified atom stereocenters. The second-order valence-corrected chi connectivity index (χ2v) is 3.58. The third kappa shape index (κ3) is 1.51. The van der Waals surface area contributed by atoms with Gasteiger partial charge in [-0.3, -0.25) is 0 Å². The average Bonchev–Trinajstić information content (AvgIpc) is 2.19. The molecule has 0 radical (unpaired) electrons. The van der Waals surface area contributed by atoms with Gasteiger partial charge in [-0.1, -0.05) is 23.7 Å². The van der Waals surface area contributed by atoms with Gasteiger partial charge < -0.3 is 10.8 Å². The van der Waals surface area contributed by atoms with Crippen LogP contribution in [-0.4, -0.2) is 11.1 Å². The Balaban J connectivity index is 2.96. The van der Waals surface area contributed by atoms with E-state index in [4.69, 9.17) is 22.4 Å². The van der Waals surface area contributed by atoms with Crippen LogP contribution in [0.3, 0.4) is 0 Å². The maximum atomic E-state index is 11.0. The molecule has 0 saturated heterocycles. The number of benzene rings is 2. The molecule has 3 N–H and O–H groups in total. The van der Waals surface area contributed by atoms with Crippen molar-refractivity contribution in [3.8, 4) is 0 Å². The Morgan fingerprint density at radius 2 is 2.00 bits per heavy atom. The standard InChI is InChI=1S/C11H8ClNO2/c12-8-3-1-2-6-9(13)5-4-7(10(6)8)11(14)15/h1-5H,13H2,(H,14,15). The number of carboxylic acids is 1. The topological polar surface area (TPSA) is 63.3 Å². The zero-order valence-corrected chi connectivity index (χ0v) is 8.45. The van der Waals surface area contributed by atoms with E-state index in [1.807, 2.05) is 0 Å². The Kier molecular flexibility index (Phi) is 2.25. The minimum atomic E-state index is -1.01. The fourth-order valence-corrected chi connectivity index (χ4v) is 1.84. The van der Waals surface area contributed by atoms with Crippen LogP contribution < -0.4 is 5.73 Å². The molecular formula is C11H8ClNO2. The number of anilines is 1. The van der Waals surface area contributed by atoms with E-state index in [2.05, 4.69) is 0 Å². The van der Waals surface area contributed by atoms with E-state index in [0.29, 0.717) is 21.5 Å². The molecule has 4 heteroatoms. The first-order valence-electron chi connectivity index (χ1n) is 4.31. The third-order valence-electron chi connectivity index (χ3n) is 2.25. The fourth-order valence-electron chi connectivity index (χ4n) is 1.56. The number of hydrogen-bond donors (Lipinski definition) is 2. The molecule has 2 aromatic carbocycles. The summed E-state index contributed by atoms with van der Waals surface area (Å²) in [4.78, 5) is 11.0. The second kappa shape index (κ2) is 3.44. The Labute approximate surface area is 91.1 Å². The highest BCUT2D eigenvalue weighted by Crippen LogP contribution is 2.30. The lowest BCUT2D eigenvalue weighted by Gasteiger charge is -2.06. The number of nitrogen functional groups attached to an aromatic ring is 1. The van der Waals surface area contributed by atoms with Gasteiger partial charge >= 0.3 is 5.97 Å². The minimum Gasteiger partial charge on any atom is -0.478 e. The van der Waals surface area contributed by atoms with Crippen molar-refractivity contribution in [3.05, 3.63) is 40.9 Å². The van der Waals surface area contributed by atoms with Crippen LogP contribution in [0.4, 0.5) is 5.69 Å². The maximum Gasteiger partial charge on any atom is 0.336 e. The van der Waals surface area contributed by atoms with Crippen LogP contribution in [0.5, 0.6) is 0 Å². The molecule has 0 atom stereocenters. The van der Waals surface area contributed by atoms with Crippen molar-refractivity contribution in [3.63, 3.8) is 0 Å². The molecule has 0 spiro atoms. The van der Waals surface area contributed by atoms with Crippen molar-refractivity contribution in [1.29, 1.82) is 0 Å². The third-order valence-corrected chi connectivity index (χ3v) is 2.57. The highest BCUT2D eigenvalue weighted by molar-refractivity contribution is 6.37. The smallest absolute Gasteiger partial charge is 0.336 e. The molecule has 0 bridgehead atoms. The molecule has 0 aromatic heterocycles. The van der Waals surface area contributed by atoms with Gasteiger partial charge in [-0.15, -0.1) is 0 Å². The first-order valence-corrected chi connectivity index (χ1v) is 4.69. The van der Waals surface area contributed by atoms with Crippen molar-refractivity contribution in [2.45, 2.75) is 0 Å².